The second-order valence-corrected chi connectivity index (χ2v) is 6.63. The summed E-state index contributed by atoms with van der Waals surface area (Å²) >= 11 is 7.00. The van der Waals surface area contributed by atoms with Crippen molar-refractivity contribution in [1.29, 1.82) is 0 Å². The lowest BCUT2D eigenvalue weighted by atomic mass is 9.99. The predicted molar refractivity (Wildman–Crippen MR) is 83.3 cm³/mol. The van der Waals surface area contributed by atoms with E-state index in [-0.39, 0.29) is 11.4 Å². The molecular formula is C14H17Br2F3O2. The first-order valence-corrected chi connectivity index (χ1v) is 8.00. The summed E-state index contributed by atoms with van der Waals surface area (Å²) in [7, 11) is 1.58. The Hall–Kier alpha value is -0.270. The van der Waals surface area contributed by atoms with Crippen molar-refractivity contribution >= 4 is 31.9 Å². The van der Waals surface area contributed by atoms with Gasteiger partial charge in [-0.15, -0.1) is 0 Å². The SMILES string of the molecule is COc1c(C)cc(Br)c(C)c1C(Br)CCOCC(F)(F)F. The average Bonchev–Trinajstić information content (AvgIpc) is 2.37. The van der Waals surface area contributed by atoms with Crippen LogP contribution in [0, 0.1) is 13.8 Å². The van der Waals surface area contributed by atoms with Crippen LogP contribution in [0.2, 0.25) is 0 Å². The van der Waals surface area contributed by atoms with E-state index in [9.17, 15) is 13.2 Å². The highest BCUT2D eigenvalue weighted by molar-refractivity contribution is 9.10. The Bertz CT molecular complexity index is 490. The maximum absolute atomic E-state index is 12.0. The standard InChI is InChI=1S/C14H17Br2F3O2/c1-8-6-11(16)9(2)12(13(8)20-3)10(15)4-5-21-7-14(17,18)19/h6,10H,4-5,7H2,1-3H3. The first kappa shape index (κ1) is 18.8. The number of aryl methyl sites for hydroxylation is 1. The summed E-state index contributed by atoms with van der Waals surface area (Å²) in [6.45, 7) is 2.66. The van der Waals surface area contributed by atoms with Gasteiger partial charge in [0, 0.05) is 21.5 Å². The molecule has 0 N–H and O–H groups in total. The minimum atomic E-state index is -4.29. The van der Waals surface area contributed by atoms with Gasteiger partial charge in [0.1, 0.15) is 12.4 Å². The van der Waals surface area contributed by atoms with Crippen molar-refractivity contribution in [2.75, 3.05) is 20.3 Å². The molecule has 1 aromatic carbocycles. The highest BCUT2D eigenvalue weighted by Gasteiger charge is 2.27. The molecule has 0 amide bonds. The van der Waals surface area contributed by atoms with Gasteiger partial charge in [-0.2, -0.15) is 13.2 Å². The number of hydrogen-bond donors (Lipinski definition) is 0. The smallest absolute Gasteiger partial charge is 0.411 e. The van der Waals surface area contributed by atoms with E-state index < -0.39 is 12.8 Å². The van der Waals surface area contributed by atoms with Crippen molar-refractivity contribution in [3.8, 4) is 5.75 Å². The topological polar surface area (TPSA) is 18.5 Å². The zero-order chi connectivity index (χ0) is 16.2. The van der Waals surface area contributed by atoms with Gasteiger partial charge in [0.15, 0.2) is 0 Å². The molecule has 1 aromatic rings. The van der Waals surface area contributed by atoms with E-state index in [1.54, 1.807) is 7.11 Å². The molecule has 0 saturated heterocycles. The van der Waals surface area contributed by atoms with Gasteiger partial charge >= 0.3 is 6.18 Å². The van der Waals surface area contributed by atoms with Gasteiger partial charge in [-0.05, 0) is 37.5 Å². The molecule has 0 heterocycles. The molecule has 120 valence electrons. The molecule has 0 aromatic heterocycles. The van der Waals surface area contributed by atoms with Crippen LogP contribution in [-0.4, -0.2) is 26.5 Å². The summed E-state index contributed by atoms with van der Waals surface area (Å²) in [4.78, 5) is -0.142. The fraction of sp³-hybridized carbons (Fsp3) is 0.571. The van der Waals surface area contributed by atoms with Gasteiger partial charge in [-0.1, -0.05) is 31.9 Å². The van der Waals surface area contributed by atoms with E-state index in [0.717, 1.165) is 26.9 Å². The molecule has 0 aliphatic heterocycles. The molecule has 1 rings (SSSR count). The van der Waals surface area contributed by atoms with E-state index >= 15 is 0 Å². The molecule has 7 heteroatoms. The molecule has 0 bridgehead atoms. The van der Waals surface area contributed by atoms with E-state index in [0.29, 0.717) is 6.42 Å². The van der Waals surface area contributed by atoms with E-state index in [2.05, 4.69) is 36.6 Å². The molecule has 1 unspecified atom stereocenters. The van der Waals surface area contributed by atoms with E-state index in [4.69, 9.17) is 4.74 Å². The summed E-state index contributed by atoms with van der Waals surface area (Å²) in [6, 6.07) is 1.96. The number of methoxy groups -OCH3 is 1. The fourth-order valence-corrected chi connectivity index (χ4v) is 3.34. The van der Waals surface area contributed by atoms with Crippen LogP contribution >= 0.6 is 31.9 Å². The minimum Gasteiger partial charge on any atom is -0.496 e. The monoisotopic (exact) mass is 432 g/mol. The Morgan fingerprint density at radius 2 is 1.90 bits per heavy atom. The molecular weight excluding hydrogens is 417 g/mol. The maximum atomic E-state index is 12.0. The van der Waals surface area contributed by atoms with E-state index in [1.165, 1.54) is 0 Å². The summed E-state index contributed by atoms with van der Waals surface area (Å²) < 4.78 is 47.1. The highest BCUT2D eigenvalue weighted by Crippen LogP contribution is 2.41. The second-order valence-electron chi connectivity index (χ2n) is 4.67. The van der Waals surface area contributed by atoms with Gasteiger partial charge < -0.3 is 9.47 Å². The van der Waals surface area contributed by atoms with Crippen molar-refractivity contribution in [3.63, 3.8) is 0 Å². The minimum absolute atomic E-state index is 0.0174. The van der Waals surface area contributed by atoms with Gasteiger partial charge in [0.2, 0.25) is 0 Å². The molecule has 21 heavy (non-hydrogen) atoms. The third-order valence-electron chi connectivity index (χ3n) is 3.01. The summed E-state index contributed by atoms with van der Waals surface area (Å²) in [5, 5.41) is 0. The van der Waals surface area contributed by atoms with Crippen LogP contribution in [0.3, 0.4) is 0 Å². The van der Waals surface area contributed by atoms with Crippen LogP contribution < -0.4 is 4.74 Å². The first-order valence-electron chi connectivity index (χ1n) is 6.29. The molecule has 2 nitrogen and oxygen atoms in total. The van der Waals surface area contributed by atoms with Crippen LogP contribution in [0.4, 0.5) is 13.2 Å². The Labute approximate surface area is 139 Å². The number of halogens is 5. The van der Waals surface area contributed by atoms with Gasteiger partial charge in [-0.25, -0.2) is 0 Å². The first-order chi connectivity index (χ1) is 9.67. The van der Waals surface area contributed by atoms with Crippen LogP contribution in [0.15, 0.2) is 10.5 Å². The van der Waals surface area contributed by atoms with Crippen LogP contribution in [-0.2, 0) is 4.74 Å². The number of hydrogen-bond acceptors (Lipinski definition) is 2. The largest absolute Gasteiger partial charge is 0.496 e. The van der Waals surface area contributed by atoms with Crippen molar-refractivity contribution < 1.29 is 22.6 Å². The quantitative estimate of drug-likeness (QED) is 0.436. The lowest BCUT2D eigenvalue weighted by molar-refractivity contribution is -0.174. The highest BCUT2D eigenvalue weighted by atomic mass is 79.9. The van der Waals surface area contributed by atoms with Crippen LogP contribution in [0.5, 0.6) is 5.75 Å². The summed E-state index contributed by atoms with van der Waals surface area (Å²) in [5.74, 6) is 0.744. The van der Waals surface area contributed by atoms with Crippen molar-refractivity contribution in [2.24, 2.45) is 0 Å². The summed E-state index contributed by atoms with van der Waals surface area (Å²) in [6.07, 6.45) is -3.87. The zero-order valence-corrected chi connectivity index (χ0v) is 15.2. The fourth-order valence-electron chi connectivity index (χ4n) is 2.04. The number of alkyl halides is 4. The molecule has 1 atom stereocenters. The number of benzene rings is 1. The molecule has 0 spiro atoms. The Morgan fingerprint density at radius 3 is 2.43 bits per heavy atom. The molecule has 0 aliphatic rings. The normalized spacial score (nSPS) is 13.3. The van der Waals surface area contributed by atoms with Gasteiger partial charge in [0.05, 0.1) is 7.11 Å². The van der Waals surface area contributed by atoms with E-state index in [1.807, 2.05) is 19.9 Å². The van der Waals surface area contributed by atoms with Crippen molar-refractivity contribution in [2.45, 2.75) is 31.3 Å². The van der Waals surface area contributed by atoms with Crippen molar-refractivity contribution in [3.05, 3.63) is 27.2 Å². The third kappa shape index (κ3) is 5.45. The molecule has 0 fully saturated rings. The lowest BCUT2D eigenvalue weighted by Gasteiger charge is -2.20. The average molecular weight is 434 g/mol. The Balaban J connectivity index is 2.80. The zero-order valence-electron chi connectivity index (χ0n) is 12.0. The van der Waals surface area contributed by atoms with Crippen molar-refractivity contribution in [1.82, 2.24) is 0 Å². The molecule has 0 radical (unpaired) electrons. The maximum Gasteiger partial charge on any atom is 0.411 e. The third-order valence-corrected chi connectivity index (χ3v) is 4.75. The van der Waals surface area contributed by atoms with Crippen LogP contribution in [0.1, 0.15) is 27.9 Å². The van der Waals surface area contributed by atoms with Gasteiger partial charge in [0.25, 0.3) is 0 Å². The Morgan fingerprint density at radius 1 is 1.29 bits per heavy atom. The lowest BCUT2D eigenvalue weighted by Crippen LogP contribution is -2.17. The number of ether oxygens (including phenoxy) is 2. The molecule has 0 saturated carbocycles. The van der Waals surface area contributed by atoms with Crippen LogP contribution in [0.25, 0.3) is 0 Å². The second kappa shape index (κ2) is 7.83. The predicted octanol–water partition coefficient (Wildman–Crippen LogP) is 5.48. The Kier molecular flexibility index (Phi) is 7.00. The van der Waals surface area contributed by atoms with Gasteiger partial charge in [-0.3, -0.25) is 0 Å². The summed E-state index contributed by atoms with van der Waals surface area (Å²) in [5.41, 5.74) is 2.89. The molecule has 0 aliphatic carbocycles. The number of rotatable bonds is 6.